The summed E-state index contributed by atoms with van der Waals surface area (Å²) in [5.74, 6) is 0.821. The number of fused-ring (bicyclic) bond motifs is 2. The zero-order valence-corrected chi connectivity index (χ0v) is 24.1. The van der Waals surface area contributed by atoms with Gasteiger partial charge in [0.1, 0.15) is 5.84 Å². The quantitative estimate of drug-likeness (QED) is 0.161. The van der Waals surface area contributed by atoms with Gasteiger partial charge in [-0.15, -0.1) is 0 Å². The molecule has 0 bridgehead atoms. The lowest BCUT2D eigenvalue weighted by molar-refractivity contribution is 0.969. The molecule has 5 aromatic carbocycles. The van der Waals surface area contributed by atoms with E-state index in [1.807, 2.05) is 42.5 Å². The smallest absolute Gasteiger partial charge is 0.154 e. The van der Waals surface area contributed by atoms with Gasteiger partial charge in [0.05, 0.1) is 0 Å². The van der Waals surface area contributed by atoms with Crippen LogP contribution in [0.3, 0.4) is 0 Å². The first kappa shape index (κ1) is 26.2. The third-order valence-electron chi connectivity index (χ3n) is 8.01. The molecule has 5 nitrogen and oxygen atoms in total. The first-order valence-corrected chi connectivity index (χ1v) is 14.3. The summed E-state index contributed by atoms with van der Waals surface area (Å²) in [6.45, 7) is 0. The van der Waals surface area contributed by atoms with E-state index in [-0.39, 0.29) is 5.84 Å². The van der Waals surface area contributed by atoms with Crippen LogP contribution in [-0.4, -0.2) is 20.8 Å². The average molecular weight is 558 g/mol. The van der Waals surface area contributed by atoms with Crippen LogP contribution in [0.1, 0.15) is 11.1 Å². The van der Waals surface area contributed by atoms with Crippen LogP contribution in [0.5, 0.6) is 0 Å². The molecule has 2 aromatic heterocycles. The molecule has 0 atom stereocenters. The van der Waals surface area contributed by atoms with Gasteiger partial charge in [-0.2, -0.15) is 0 Å². The third-order valence-corrected chi connectivity index (χ3v) is 8.01. The third kappa shape index (κ3) is 5.24. The molecule has 2 heterocycles. The molecule has 0 amide bonds. The largest absolute Gasteiger partial charge is 0.351 e. The summed E-state index contributed by atoms with van der Waals surface area (Å²) >= 11 is 0. The highest BCUT2D eigenvalue weighted by Crippen LogP contribution is 2.27. The maximum Gasteiger partial charge on any atom is 0.154 e. The van der Waals surface area contributed by atoms with Crippen molar-refractivity contribution in [2.75, 3.05) is 5.32 Å². The number of aryl methyl sites for hydroxylation is 2. The van der Waals surface area contributed by atoms with Crippen molar-refractivity contribution in [3.05, 3.63) is 151 Å². The van der Waals surface area contributed by atoms with Gasteiger partial charge in [0, 0.05) is 65.1 Å². The number of anilines is 1. The summed E-state index contributed by atoms with van der Waals surface area (Å²) in [7, 11) is 4.12. The van der Waals surface area contributed by atoms with Crippen molar-refractivity contribution in [2.45, 2.75) is 0 Å². The SMILES string of the molecule is Cn1ccc2cc(-c3ccc(C(=N)N=C(Nc4ccccc4)c4ccc(-c5ccc6c(ccn6C)c5)cc4)cc3)ccc21. The normalized spacial score (nSPS) is 11.7. The van der Waals surface area contributed by atoms with Gasteiger partial charge < -0.3 is 14.5 Å². The molecule has 0 radical (unpaired) electrons. The number of aromatic nitrogens is 2. The van der Waals surface area contributed by atoms with E-state index in [0.29, 0.717) is 5.84 Å². The second-order valence-electron chi connectivity index (χ2n) is 10.9. The van der Waals surface area contributed by atoms with Gasteiger partial charge in [0.2, 0.25) is 0 Å². The Balaban J connectivity index is 1.17. The van der Waals surface area contributed by atoms with Crippen molar-refractivity contribution in [3.63, 3.8) is 0 Å². The molecule has 5 heteroatoms. The fraction of sp³-hybridized carbons (Fsp3) is 0.0526. The molecule has 208 valence electrons. The molecular weight excluding hydrogens is 526 g/mol. The van der Waals surface area contributed by atoms with Gasteiger partial charge in [0.15, 0.2) is 5.84 Å². The van der Waals surface area contributed by atoms with Gasteiger partial charge in [-0.3, -0.25) is 5.41 Å². The number of para-hydroxylation sites is 1. The highest BCUT2D eigenvalue weighted by Gasteiger charge is 2.10. The average Bonchev–Trinajstić information content (AvgIpc) is 3.62. The fourth-order valence-electron chi connectivity index (χ4n) is 5.56. The van der Waals surface area contributed by atoms with Gasteiger partial charge in [-0.1, -0.05) is 78.9 Å². The summed E-state index contributed by atoms with van der Waals surface area (Å²) < 4.78 is 4.26. The summed E-state index contributed by atoms with van der Waals surface area (Å²) in [5.41, 5.74) is 9.56. The molecular formula is C38H31N5. The molecule has 0 fully saturated rings. The van der Waals surface area contributed by atoms with Crippen molar-refractivity contribution in [1.82, 2.24) is 9.13 Å². The Labute approximate surface area is 250 Å². The molecule has 7 aromatic rings. The van der Waals surface area contributed by atoms with Crippen molar-refractivity contribution in [1.29, 1.82) is 5.41 Å². The lowest BCUT2D eigenvalue weighted by Crippen LogP contribution is -2.16. The minimum atomic E-state index is 0.196. The number of nitrogens with one attached hydrogen (secondary N) is 2. The van der Waals surface area contributed by atoms with Crippen LogP contribution in [0.25, 0.3) is 44.1 Å². The first-order chi connectivity index (χ1) is 21.0. The van der Waals surface area contributed by atoms with Crippen LogP contribution >= 0.6 is 0 Å². The van der Waals surface area contributed by atoms with Crippen LogP contribution in [0, 0.1) is 5.41 Å². The second-order valence-corrected chi connectivity index (χ2v) is 10.9. The van der Waals surface area contributed by atoms with Crippen LogP contribution in [0.4, 0.5) is 5.69 Å². The van der Waals surface area contributed by atoms with E-state index in [1.165, 1.54) is 27.4 Å². The zero-order valence-electron chi connectivity index (χ0n) is 24.1. The van der Waals surface area contributed by atoms with E-state index >= 15 is 0 Å². The lowest BCUT2D eigenvalue weighted by Gasteiger charge is -2.12. The fourth-order valence-corrected chi connectivity index (χ4v) is 5.56. The number of nitrogens with zero attached hydrogens (tertiary/aromatic N) is 3. The van der Waals surface area contributed by atoms with E-state index in [9.17, 15) is 0 Å². The Kier molecular flexibility index (Phi) is 6.68. The topological polar surface area (TPSA) is 58.1 Å². The molecule has 43 heavy (non-hydrogen) atoms. The number of hydrogen-bond acceptors (Lipinski definition) is 1. The summed E-state index contributed by atoms with van der Waals surface area (Å²) in [5, 5.41) is 14.8. The zero-order chi connectivity index (χ0) is 29.3. The van der Waals surface area contributed by atoms with E-state index in [0.717, 1.165) is 33.5 Å². The highest BCUT2D eigenvalue weighted by molar-refractivity contribution is 6.16. The van der Waals surface area contributed by atoms with E-state index in [2.05, 4.69) is 126 Å². The van der Waals surface area contributed by atoms with Crippen molar-refractivity contribution in [3.8, 4) is 22.3 Å². The van der Waals surface area contributed by atoms with Crippen LogP contribution < -0.4 is 5.32 Å². The number of hydrogen-bond donors (Lipinski definition) is 2. The van der Waals surface area contributed by atoms with Crippen molar-refractivity contribution in [2.24, 2.45) is 19.1 Å². The molecule has 0 saturated carbocycles. The van der Waals surface area contributed by atoms with Crippen LogP contribution in [0.15, 0.2) is 145 Å². The number of benzene rings is 5. The van der Waals surface area contributed by atoms with Crippen LogP contribution in [0.2, 0.25) is 0 Å². The predicted octanol–water partition coefficient (Wildman–Crippen LogP) is 8.89. The van der Waals surface area contributed by atoms with Crippen molar-refractivity contribution >= 4 is 39.2 Å². The second kappa shape index (κ2) is 11.0. The van der Waals surface area contributed by atoms with Gasteiger partial charge >= 0.3 is 0 Å². The van der Waals surface area contributed by atoms with Gasteiger partial charge in [-0.05, 0) is 70.8 Å². The minimum Gasteiger partial charge on any atom is -0.351 e. The lowest BCUT2D eigenvalue weighted by atomic mass is 10.0. The van der Waals surface area contributed by atoms with Gasteiger partial charge in [0.25, 0.3) is 0 Å². The molecule has 2 N–H and O–H groups in total. The highest BCUT2D eigenvalue weighted by atomic mass is 15.0. The predicted molar refractivity (Wildman–Crippen MR) is 180 cm³/mol. The summed E-state index contributed by atoms with van der Waals surface area (Å²) in [6, 6.07) is 43.7. The van der Waals surface area contributed by atoms with E-state index < -0.39 is 0 Å². The van der Waals surface area contributed by atoms with Crippen molar-refractivity contribution < 1.29 is 0 Å². The number of amidine groups is 2. The monoisotopic (exact) mass is 557 g/mol. The number of aliphatic imine (C=N–C) groups is 1. The molecule has 0 unspecified atom stereocenters. The summed E-state index contributed by atoms with van der Waals surface area (Å²) in [4.78, 5) is 4.79. The Morgan fingerprint density at radius 3 is 1.58 bits per heavy atom. The standard InChI is InChI=1S/C38H31N5/c1-42-22-20-32-24-30(16-18-35(32)42)26-8-12-28(13-9-26)37(39)41-38(40-34-6-4-3-5-7-34)29-14-10-27(11-15-29)31-17-19-36-33(25-31)21-23-43(36)2/h3-25H,1-2H3,(H2,39,40,41). The molecule has 0 aliphatic carbocycles. The maximum atomic E-state index is 8.88. The molecule has 7 rings (SSSR count). The first-order valence-electron chi connectivity index (χ1n) is 14.3. The minimum absolute atomic E-state index is 0.196. The molecule has 0 aliphatic rings. The van der Waals surface area contributed by atoms with E-state index in [4.69, 9.17) is 10.4 Å². The maximum absolute atomic E-state index is 8.88. The van der Waals surface area contributed by atoms with Gasteiger partial charge in [-0.25, -0.2) is 4.99 Å². The summed E-state index contributed by atoms with van der Waals surface area (Å²) in [6.07, 6.45) is 4.16. The van der Waals surface area contributed by atoms with Crippen LogP contribution in [-0.2, 0) is 14.1 Å². The number of rotatable bonds is 5. The van der Waals surface area contributed by atoms with E-state index in [1.54, 1.807) is 0 Å². The molecule has 0 saturated heterocycles. The molecule has 0 spiro atoms. The Morgan fingerprint density at radius 2 is 1.05 bits per heavy atom. The molecule has 0 aliphatic heterocycles. The Morgan fingerprint density at radius 1 is 0.558 bits per heavy atom. The Bertz CT molecular complexity index is 2110. The Hall–Kier alpha value is -5.68.